The number of esters is 1. The Labute approximate surface area is 93.6 Å². The van der Waals surface area contributed by atoms with Crippen molar-refractivity contribution in [3.8, 4) is 17.9 Å². The molecule has 1 rings (SSSR count). The molecule has 0 aromatic heterocycles. The molecule has 0 radical (unpaired) electrons. The summed E-state index contributed by atoms with van der Waals surface area (Å²) < 4.78 is 4.58. The number of hydrogen-bond donors (Lipinski definition) is 1. The summed E-state index contributed by atoms with van der Waals surface area (Å²) >= 11 is 0. The third-order valence-electron chi connectivity index (χ3n) is 1.78. The Hall–Kier alpha value is -2.46. The number of nitrogens with two attached hydrogens (primary N) is 1. The number of carbonyl (C=O) groups is 1. The van der Waals surface area contributed by atoms with Crippen molar-refractivity contribution in [3.63, 3.8) is 0 Å². The van der Waals surface area contributed by atoms with E-state index in [1.165, 1.54) is 13.2 Å². The van der Waals surface area contributed by atoms with E-state index >= 15 is 0 Å². The highest BCUT2D eigenvalue weighted by molar-refractivity contribution is 5.90. The predicted molar refractivity (Wildman–Crippen MR) is 59.3 cm³/mol. The highest BCUT2D eigenvalue weighted by Crippen LogP contribution is 2.12. The second kappa shape index (κ2) is 5.43. The van der Waals surface area contributed by atoms with Crippen molar-refractivity contribution in [1.82, 2.24) is 0 Å². The second-order valence-electron chi connectivity index (χ2n) is 2.97. The van der Waals surface area contributed by atoms with Crippen LogP contribution in [-0.4, -0.2) is 13.1 Å². The first kappa shape index (κ1) is 11.6. The molecule has 2 N–H and O–H groups in total. The van der Waals surface area contributed by atoms with Crippen LogP contribution in [0.5, 0.6) is 0 Å². The molecule has 1 aromatic carbocycles. The number of rotatable bonds is 1. The van der Waals surface area contributed by atoms with E-state index in [9.17, 15) is 4.79 Å². The molecule has 0 saturated heterocycles. The van der Waals surface area contributed by atoms with Gasteiger partial charge in [-0.1, -0.05) is 11.8 Å². The maximum absolute atomic E-state index is 11.3. The third-order valence-corrected chi connectivity index (χ3v) is 1.78. The number of nitriles is 1. The zero-order valence-electron chi connectivity index (χ0n) is 8.78. The van der Waals surface area contributed by atoms with Gasteiger partial charge in [0.15, 0.2) is 0 Å². The van der Waals surface area contributed by atoms with Crippen LogP contribution in [0.3, 0.4) is 0 Å². The SMILES string of the molecule is COC(=O)c1cc(N)cc(C#CCC#N)c1. The van der Waals surface area contributed by atoms with Gasteiger partial charge in [-0.2, -0.15) is 5.26 Å². The van der Waals surface area contributed by atoms with Gasteiger partial charge in [-0.3, -0.25) is 0 Å². The Bertz CT molecular complexity index is 504. The van der Waals surface area contributed by atoms with Crippen LogP contribution in [0.1, 0.15) is 22.3 Å². The van der Waals surface area contributed by atoms with Crippen LogP contribution in [0.25, 0.3) is 0 Å². The molecular formula is C12H10N2O2. The molecule has 0 atom stereocenters. The summed E-state index contributed by atoms with van der Waals surface area (Å²) in [7, 11) is 1.30. The summed E-state index contributed by atoms with van der Waals surface area (Å²) in [6.45, 7) is 0. The van der Waals surface area contributed by atoms with Gasteiger partial charge in [0.2, 0.25) is 0 Å². The first-order valence-corrected chi connectivity index (χ1v) is 4.52. The van der Waals surface area contributed by atoms with Crippen LogP contribution < -0.4 is 5.73 Å². The fourth-order valence-electron chi connectivity index (χ4n) is 1.15. The topological polar surface area (TPSA) is 76.1 Å². The maximum atomic E-state index is 11.3. The van der Waals surface area contributed by atoms with Crippen LogP contribution >= 0.6 is 0 Å². The molecule has 16 heavy (non-hydrogen) atoms. The number of ether oxygens (including phenoxy) is 1. The first-order chi connectivity index (χ1) is 7.67. The number of carbonyl (C=O) groups excluding carboxylic acids is 1. The van der Waals surface area contributed by atoms with Gasteiger partial charge in [0.25, 0.3) is 0 Å². The number of nitrogens with zero attached hydrogens (tertiary/aromatic N) is 1. The molecule has 0 unspecified atom stereocenters. The molecule has 0 spiro atoms. The normalized spacial score (nSPS) is 8.50. The molecule has 80 valence electrons. The van der Waals surface area contributed by atoms with Gasteiger partial charge in [0.05, 0.1) is 25.2 Å². The summed E-state index contributed by atoms with van der Waals surface area (Å²) in [6, 6.07) is 6.63. The van der Waals surface area contributed by atoms with Crippen LogP contribution in [0.2, 0.25) is 0 Å². The number of benzene rings is 1. The number of methoxy groups -OCH3 is 1. The summed E-state index contributed by atoms with van der Waals surface area (Å²) in [6.07, 6.45) is 0.141. The molecule has 0 saturated carbocycles. The summed E-state index contributed by atoms with van der Waals surface area (Å²) in [5.41, 5.74) is 6.99. The lowest BCUT2D eigenvalue weighted by molar-refractivity contribution is 0.0601. The molecule has 0 fully saturated rings. The van der Waals surface area contributed by atoms with Crippen LogP contribution in [-0.2, 0) is 4.74 Å². The molecule has 0 bridgehead atoms. The minimum Gasteiger partial charge on any atom is -0.465 e. The lowest BCUT2D eigenvalue weighted by atomic mass is 10.1. The van der Waals surface area contributed by atoms with Crippen LogP contribution in [0, 0.1) is 23.2 Å². The highest BCUT2D eigenvalue weighted by Gasteiger charge is 2.06. The Morgan fingerprint density at radius 3 is 2.88 bits per heavy atom. The molecule has 0 aliphatic rings. The molecule has 0 amide bonds. The van der Waals surface area contributed by atoms with Gasteiger partial charge in [0, 0.05) is 11.3 Å². The van der Waals surface area contributed by atoms with Crippen molar-refractivity contribution in [2.24, 2.45) is 0 Å². The fourth-order valence-corrected chi connectivity index (χ4v) is 1.15. The molecular weight excluding hydrogens is 204 g/mol. The average molecular weight is 214 g/mol. The Balaban J connectivity index is 3.06. The minimum atomic E-state index is -0.462. The summed E-state index contributed by atoms with van der Waals surface area (Å²) in [4.78, 5) is 11.3. The summed E-state index contributed by atoms with van der Waals surface area (Å²) in [5, 5.41) is 8.33. The number of anilines is 1. The van der Waals surface area contributed by atoms with E-state index in [2.05, 4.69) is 16.6 Å². The standard InChI is InChI=1S/C12H10N2O2/c1-16-12(15)10-6-9(4-2-3-5-13)7-11(14)8-10/h6-8H,3,14H2,1H3. The van der Waals surface area contributed by atoms with Crippen molar-refractivity contribution in [2.45, 2.75) is 6.42 Å². The van der Waals surface area contributed by atoms with Crippen molar-refractivity contribution in [1.29, 1.82) is 5.26 Å². The molecule has 1 aromatic rings. The molecule has 4 nitrogen and oxygen atoms in total. The lowest BCUT2D eigenvalue weighted by Crippen LogP contribution is -2.02. The van der Waals surface area contributed by atoms with Gasteiger partial charge < -0.3 is 10.5 Å². The zero-order chi connectivity index (χ0) is 12.0. The van der Waals surface area contributed by atoms with Gasteiger partial charge >= 0.3 is 5.97 Å². The van der Waals surface area contributed by atoms with Crippen LogP contribution in [0.4, 0.5) is 5.69 Å². The van der Waals surface area contributed by atoms with E-state index in [4.69, 9.17) is 11.0 Å². The highest BCUT2D eigenvalue weighted by atomic mass is 16.5. The van der Waals surface area contributed by atoms with E-state index in [0.717, 1.165) is 0 Å². The second-order valence-corrected chi connectivity index (χ2v) is 2.97. The molecule has 0 heterocycles. The van der Waals surface area contributed by atoms with Gasteiger partial charge in [0.1, 0.15) is 0 Å². The van der Waals surface area contributed by atoms with E-state index in [1.54, 1.807) is 12.1 Å². The van der Waals surface area contributed by atoms with Gasteiger partial charge in [-0.15, -0.1) is 0 Å². The van der Waals surface area contributed by atoms with Crippen molar-refractivity contribution in [3.05, 3.63) is 29.3 Å². The first-order valence-electron chi connectivity index (χ1n) is 4.52. The lowest BCUT2D eigenvalue weighted by Gasteiger charge is -2.01. The van der Waals surface area contributed by atoms with E-state index < -0.39 is 5.97 Å². The smallest absolute Gasteiger partial charge is 0.337 e. The maximum Gasteiger partial charge on any atom is 0.337 e. The molecule has 0 aliphatic heterocycles. The number of hydrogen-bond acceptors (Lipinski definition) is 4. The van der Waals surface area contributed by atoms with E-state index in [0.29, 0.717) is 16.8 Å². The molecule has 0 aliphatic carbocycles. The van der Waals surface area contributed by atoms with Crippen molar-refractivity contribution in [2.75, 3.05) is 12.8 Å². The fraction of sp³-hybridized carbons (Fsp3) is 0.167. The van der Waals surface area contributed by atoms with Crippen molar-refractivity contribution >= 4 is 11.7 Å². The molecule has 4 heteroatoms. The van der Waals surface area contributed by atoms with Crippen LogP contribution in [0.15, 0.2) is 18.2 Å². The Morgan fingerprint density at radius 1 is 1.50 bits per heavy atom. The predicted octanol–water partition coefficient (Wildman–Crippen LogP) is 1.32. The average Bonchev–Trinajstić information content (AvgIpc) is 2.27. The summed E-state index contributed by atoms with van der Waals surface area (Å²) in [5.74, 6) is 4.93. The van der Waals surface area contributed by atoms with Crippen molar-refractivity contribution < 1.29 is 9.53 Å². The Morgan fingerprint density at radius 2 is 2.25 bits per heavy atom. The van der Waals surface area contributed by atoms with E-state index in [-0.39, 0.29) is 6.42 Å². The number of nitrogen functional groups attached to an aromatic ring is 1. The van der Waals surface area contributed by atoms with Gasteiger partial charge in [-0.25, -0.2) is 4.79 Å². The largest absolute Gasteiger partial charge is 0.465 e. The Kier molecular flexibility index (Phi) is 3.94. The quantitative estimate of drug-likeness (QED) is 0.434. The third kappa shape index (κ3) is 3.04. The van der Waals surface area contributed by atoms with E-state index in [1.807, 2.05) is 6.07 Å². The monoisotopic (exact) mass is 214 g/mol. The minimum absolute atomic E-state index is 0.141. The van der Waals surface area contributed by atoms with Gasteiger partial charge in [-0.05, 0) is 18.2 Å². The zero-order valence-corrected chi connectivity index (χ0v) is 8.78.